The van der Waals surface area contributed by atoms with Crippen LogP contribution in [0, 0.1) is 0 Å². The van der Waals surface area contributed by atoms with Crippen LogP contribution in [0.25, 0.3) is 0 Å². The molecule has 4 heteroatoms. The zero-order chi connectivity index (χ0) is 2.00. The van der Waals surface area contributed by atoms with Crippen LogP contribution < -0.4 is 0 Å². The van der Waals surface area contributed by atoms with Gasteiger partial charge in [0.1, 0.15) is 0 Å². The van der Waals surface area contributed by atoms with E-state index < -0.39 is 0 Å². The van der Waals surface area contributed by atoms with Crippen molar-refractivity contribution in [2.24, 2.45) is 0 Å². The first-order chi connectivity index (χ1) is 1.00. The molecule has 0 amide bonds. The van der Waals surface area contributed by atoms with Crippen LogP contribution in [-0.4, -0.2) is 57.9 Å². The van der Waals surface area contributed by atoms with Gasteiger partial charge in [0.15, 0.2) is 0 Å². The summed E-state index contributed by atoms with van der Waals surface area (Å²) in [6.45, 7) is 0. The molecule has 0 aromatic heterocycles. The van der Waals surface area contributed by atoms with Gasteiger partial charge in [0.2, 0.25) is 0 Å². The molecular formula is H3FeNaSe2. The molecule has 0 aliphatic heterocycles. The van der Waals surface area contributed by atoms with E-state index in [1.54, 1.807) is 0 Å². The Hall–Kier alpha value is 2.56. The monoisotopic (exact) mass is 242 g/mol. The third-order valence-corrected chi connectivity index (χ3v) is 0. The van der Waals surface area contributed by atoms with Gasteiger partial charge in [-0.05, 0) is 0 Å². The molecule has 0 heterocycles. The minimum absolute atomic E-state index is 0. The molecule has 0 aliphatic carbocycles. The summed E-state index contributed by atoms with van der Waals surface area (Å²) in [5, 5.41) is 0. The predicted molar refractivity (Wildman–Crippen MR) is 21.4 cm³/mol. The van der Waals surface area contributed by atoms with E-state index in [1.165, 1.54) is 0 Å². The molecule has 0 saturated heterocycles. The molecule has 0 radical (unpaired) electrons. The van der Waals surface area contributed by atoms with E-state index >= 15 is 0 Å². The quantitative estimate of drug-likeness (QED) is 0.432. The molecular weight excluding hydrogens is 237 g/mol. The number of hydrogen-bond acceptors (Lipinski definition) is 0. The first kappa shape index (κ1) is 16.0. The fourth-order valence-corrected chi connectivity index (χ4v) is 0. The molecule has 0 nitrogen and oxygen atoms in total. The molecule has 0 atom stereocenters. The van der Waals surface area contributed by atoms with Gasteiger partial charge in [-0.1, -0.05) is 0 Å². The summed E-state index contributed by atoms with van der Waals surface area (Å²) < 4.78 is 0. The van der Waals surface area contributed by atoms with Crippen molar-refractivity contribution in [1.82, 2.24) is 0 Å². The molecule has 24 valence electrons. The van der Waals surface area contributed by atoms with Crippen molar-refractivity contribution in [3.05, 3.63) is 0 Å². The SMILES string of the molecule is [Fe].[NaH].[SeH][SeH]. The Balaban J connectivity index is -0.00000000500. The fourth-order valence-electron chi connectivity index (χ4n) is 0. The fraction of sp³-hybridized carbons (Fsp3) is 0. The number of rotatable bonds is 0. The van der Waals surface area contributed by atoms with Crippen molar-refractivity contribution in [1.29, 1.82) is 0 Å². The predicted octanol–water partition coefficient (Wildman–Crippen LogP) is -1.95. The van der Waals surface area contributed by atoms with Crippen LogP contribution in [0.5, 0.6) is 0 Å². The van der Waals surface area contributed by atoms with Crippen LogP contribution in [0.15, 0.2) is 0 Å². The Kier molecular flexibility index (Phi) is 70.6. The van der Waals surface area contributed by atoms with Crippen LogP contribution >= 0.6 is 0 Å². The molecule has 0 unspecified atom stereocenters. The molecule has 0 aromatic rings. The topological polar surface area (TPSA) is 0 Å². The summed E-state index contributed by atoms with van der Waals surface area (Å²) in [6.07, 6.45) is 0. The van der Waals surface area contributed by atoms with Gasteiger partial charge in [-0.25, -0.2) is 0 Å². The molecule has 0 saturated carbocycles. The van der Waals surface area contributed by atoms with Crippen molar-refractivity contribution < 1.29 is 17.1 Å². The standard InChI is InChI=1S/Fe.Na.H2Se2.H/c;;1-2;/h;;1-2H;. The second-order valence-corrected chi connectivity index (χ2v) is 0. The Labute approximate surface area is 73.8 Å². The van der Waals surface area contributed by atoms with Gasteiger partial charge in [-0.2, -0.15) is 0 Å². The summed E-state index contributed by atoms with van der Waals surface area (Å²) in [4.78, 5) is 0. The summed E-state index contributed by atoms with van der Waals surface area (Å²) in [6, 6.07) is 0. The van der Waals surface area contributed by atoms with Crippen LogP contribution in [0.4, 0.5) is 0 Å². The second kappa shape index (κ2) is 17.6. The van der Waals surface area contributed by atoms with Gasteiger partial charge in [0.25, 0.3) is 0 Å². The first-order valence-corrected chi connectivity index (χ1v) is 5.40. The summed E-state index contributed by atoms with van der Waals surface area (Å²) in [5.41, 5.74) is 0. The van der Waals surface area contributed by atoms with Crippen molar-refractivity contribution in [2.75, 3.05) is 0 Å². The van der Waals surface area contributed by atoms with Gasteiger partial charge >= 0.3 is 57.9 Å². The molecule has 0 spiro atoms. The van der Waals surface area contributed by atoms with Crippen molar-refractivity contribution in [2.45, 2.75) is 0 Å². The van der Waals surface area contributed by atoms with Gasteiger partial charge in [-0.3, -0.25) is 0 Å². The molecule has 0 aromatic carbocycles. The summed E-state index contributed by atoms with van der Waals surface area (Å²) in [7, 11) is 0. The maximum absolute atomic E-state index is 2.25. The Morgan fingerprint density at radius 1 is 1.00 bits per heavy atom. The third kappa shape index (κ3) is 8.82. The summed E-state index contributed by atoms with van der Waals surface area (Å²) >= 11 is 4.50. The average Bonchev–Trinajstić information content (AvgIpc) is 1.00. The Morgan fingerprint density at radius 3 is 1.00 bits per heavy atom. The van der Waals surface area contributed by atoms with Crippen molar-refractivity contribution >= 4 is 57.9 Å². The van der Waals surface area contributed by atoms with Crippen molar-refractivity contribution in [3.8, 4) is 0 Å². The second-order valence-electron chi connectivity index (χ2n) is 0. The average molecular weight is 240 g/mol. The van der Waals surface area contributed by atoms with E-state index in [1.807, 2.05) is 0 Å². The van der Waals surface area contributed by atoms with Gasteiger partial charge in [0, 0.05) is 17.1 Å². The molecule has 0 N–H and O–H groups in total. The maximum atomic E-state index is 2.25. The van der Waals surface area contributed by atoms with Crippen LogP contribution in [0.2, 0.25) is 0 Å². The van der Waals surface area contributed by atoms with Crippen molar-refractivity contribution in [3.63, 3.8) is 0 Å². The van der Waals surface area contributed by atoms with Crippen LogP contribution in [0.1, 0.15) is 0 Å². The Morgan fingerprint density at radius 2 is 1.00 bits per heavy atom. The minimum atomic E-state index is 0. The van der Waals surface area contributed by atoms with Crippen LogP contribution in [-0.2, 0) is 17.1 Å². The molecule has 0 aliphatic rings. The summed E-state index contributed by atoms with van der Waals surface area (Å²) in [5.74, 6) is 0. The molecule has 0 fully saturated rings. The third-order valence-electron chi connectivity index (χ3n) is 0. The molecule has 0 bridgehead atoms. The normalized spacial score (nSPS) is 1.50. The zero-order valence-electron chi connectivity index (χ0n) is 1.25. The van der Waals surface area contributed by atoms with E-state index in [2.05, 4.69) is 28.4 Å². The van der Waals surface area contributed by atoms with Crippen LogP contribution in [0.3, 0.4) is 0 Å². The van der Waals surface area contributed by atoms with E-state index in [9.17, 15) is 0 Å². The zero-order valence-corrected chi connectivity index (χ0v) is 6.11. The van der Waals surface area contributed by atoms with Gasteiger partial charge in [-0.15, -0.1) is 0 Å². The molecule has 4 heavy (non-hydrogen) atoms. The number of hydrogen-bond donors (Lipinski definition) is 0. The van der Waals surface area contributed by atoms with Gasteiger partial charge in [0.05, 0.1) is 0 Å². The Bertz CT molecular complexity index is 6.00. The first-order valence-electron chi connectivity index (χ1n) is 0.200. The van der Waals surface area contributed by atoms with E-state index in [-0.39, 0.29) is 46.6 Å². The van der Waals surface area contributed by atoms with E-state index in [0.717, 1.165) is 0 Å². The molecule has 0 rings (SSSR count). The van der Waals surface area contributed by atoms with Gasteiger partial charge < -0.3 is 0 Å². The van der Waals surface area contributed by atoms with E-state index in [4.69, 9.17) is 0 Å². The van der Waals surface area contributed by atoms with E-state index in [0.29, 0.717) is 0 Å².